The molecule has 2 N–H and O–H groups in total. The molecule has 1 aromatic heterocycles. The minimum absolute atomic E-state index is 0.0327. The molecule has 0 radical (unpaired) electrons. The van der Waals surface area contributed by atoms with E-state index in [0.29, 0.717) is 5.92 Å². The zero-order valence-electron chi connectivity index (χ0n) is 9.66. The van der Waals surface area contributed by atoms with E-state index in [0.717, 1.165) is 30.9 Å². The summed E-state index contributed by atoms with van der Waals surface area (Å²) in [4.78, 5) is 10.8. The zero-order chi connectivity index (χ0) is 11.7. The maximum absolute atomic E-state index is 10.8. The maximum atomic E-state index is 10.8. The van der Waals surface area contributed by atoms with Gasteiger partial charge in [-0.05, 0) is 5.92 Å². The number of carboxylic acid groups (broad SMARTS) is 1. The number of nitrogens with one attached hydrogen (secondary N) is 1. The van der Waals surface area contributed by atoms with Crippen LogP contribution in [-0.4, -0.2) is 27.4 Å². The normalized spacial score (nSPS) is 15.2. The summed E-state index contributed by atoms with van der Waals surface area (Å²) in [5, 5.41) is 16.6. The first-order valence-corrected chi connectivity index (χ1v) is 5.60. The van der Waals surface area contributed by atoms with Gasteiger partial charge in [-0.2, -0.15) is 5.10 Å². The topological polar surface area (TPSA) is 67.2 Å². The molecule has 5 heteroatoms. The number of aliphatic carboxylic acids is 1. The molecule has 0 spiro atoms. The Bertz CT molecular complexity index is 410. The first-order chi connectivity index (χ1) is 7.59. The summed E-state index contributed by atoms with van der Waals surface area (Å²) in [7, 11) is 0. The minimum atomic E-state index is -0.834. The minimum Gasteiger partial charge on any atom is -0.480 e. The van der Waals surface area contributed by atoms with Gasteiger partial charge in [0.15, 0.2) is 0 Å². The quantitative estimate of drug-likeness (QED) is 0.793. The highest BCUT2D eigenvalue weighted by atomic mass is 16.4. The number of hydrogen-bond acceptors (Lipinski definition) is 3. The molecule has 1 aliphatic heterocycles. The van der Waals surface area contributed by atoms with E-state index in [9.17, 15) is 4.79 Å². The van der Waals surface area contributed by atoms with Crippen LogP contribution < -0.4 is 5.32 Å². The molecule has 2 rings (SSSR count). The lowest BCUT2D eigenvalue weighted by Crippen LogP contribution is -2.26. The van der Waals surface area contributed by atoms with Crippen LogP contribution in [-0.2, 0) is 24.3 Å². The predicted molar refractivity (Wildman–Crippen MR) is 59.4 cm³/mol. The fraction of sp³-hybridized carbons (Fsp3) is 0.636. The van der Waals surface area contributed by atoms with Gasteiger partial charge in [-0.25, -0.2) is 0 Å². The fourth-order valence-corrected chi connectivity index (χ4v) is 2.17. The molecule has 0 bridgehead atoms. The van der Waals surface area contributed by atoms with Gasteiger partial charge in [0.2, 0.25) is 0 Å². The van der Waals surface area contributed by atoms with Crippen LogP contribution in [0.3, 0.4) is 0 Å². The number of carbonyl (C=O) groups is 1. The van der Waals surface area contributed by atoms with Crippen LogP contribution in [0.15, 0.2) is 0 Å². The van der Waals surface area contributed by atoms with Gasteiger partial charge in [0.25, 0.3) is 0 Å². The van der Waals surface area contributed by atoms with Gasteiger partial charge < -0.3 is 10.4 Å². The van der Waals surface area contributed by atoms with E-state index in [4.69, 9.17) is 5.11 Å². The van der Waals surface area contributed by atoms with Gasteiger partial charge in [-0.1, -0.05) is 13.8 Å². The first-order valence-electron chi connectivity index (χ1n) is 5.60. The lowest BCUT2D eigenvalue weighted by atomic mass is 10.0. The summed E-state index contributed by atoms with van der Waals surface area (Å²) in [5.41, 5.74) is 3.32. The van der Waals surface area contributed by atoms with E-state index in [1.54, 1.807) is 4.68 Å². The Morgan fingerprint density at radius 2 is 2.38 bits per heavy atom. The smallest absolute Gasteiger partial charge is 0.325 e. The third-order valence-electron chi connectivity index (χ3n) is 2.87. The van der Waals surface area contributed by atoms with Crippen molar-refractivity contribution >= 4 is 5.97 Å². The summed E-state index contributed by atoms with van der Waals surface area (Å²) in [5.74, 6) is -0.497. The Kier molecular flexibility index (Phi) is 2.96. The number of rotatable bonds is 3. The first kappa shape index (κ1) is 11.1. The average molecular weight is 223 g/mol. The second kappa shape index (κ2) is 4.25. The van der Waals surface area contributed by atoms with Crippen molar-refractivity contribution < 1.29 is 9.90 Å². The van der Waals surface area contributed by atoms with E-state index < -0.39 is 5.97 Å². The van der Waals surface area contributed by atoms with E-state index in [2.05, 4.69) is 24.3 Å². The SMILES string of the molecule is CC(C)c1nn(CC(=O)O)c2c1CNCC2. The number of aromatic nitrogens is 2. The van der Waals surface area contributed by atoms with Crippen LogP contribution in [0, 0.1) is 0 Å². The highest BCUT2D eigenvalue weighted by Crippen LogP contribution is 2.24. The molecule has 0 aliphatic carbocycles. The predicted octanol–water partition coefficient (Wildman–Crippen LogP) is 0.737. The van der Waals surface area contributed by atoms with E-state index in [1.165, 1.54) is 5.56 Å². The monoisotopic (exact) mass is 223 g/mol. The summed E-state index contributed by atoms with van der Waals surface area (Å²) >= 11 is 0. The lowest BCUT2D eigenvalue weighted by Gasteiger charge is -2.15. The van der Waals surface area contributed by atoms with Crippen LogP contribution in [0.25, 0.3) is 0 Å². The Balaban J connectivity index is 2.41. The summed E-state index contributed by atoms with van der Waals surface area (Å²) in [6, 6.07) is 0. The van der Waals surface area contributed by atoms with Crippen LogP contribution in [0.4, 0.5) is 0 Å². The molecule has 0 unspecified atom stereocenters. The van der Waals surface area contributed by atoms with Gasteiger partial charge in [0.05, 0.1) is 5.69 Å². The number of hydrogen-bond donors (Lipinski definition) is 2. The van der Waals surface area contributed by atoms with Crippen LogP contribution >= 0.6 is 0 Å². The van der Waals surface area contributed by atoms with Crippen LogP contribution in [0.1, 0.15) is 36.7 Å². The molecule has 5 nitrogen and oxygen atoms in total. The number of nitrogens with zero attached hydrogens (tertiary/aromatic N) is 2. The summed E-state index contributed by atoms with van der Waals surface area (Å²) in [6.45, 7) is 5.85. The molecule has 0 amide bonds. The van der Waals surface area contributed by atoms with Gasteiger partial charge in [0.1, 0.15) is 6.54 Å². The summed E-state index contributed by atoms with van der Waals surface area (Å²) < 4.78 is 1.65. The second-order valence-corrected chi connectivity index (χ2v) is 4.44. The fourth-order valence-electron chi connectivity index (χ4n) is 2.17. The summed E-state index contributed by atoms with van der Waals surface area (Å²) in [6.07, 6.45) is 0.863. The van der Waals surface area contributed by atoms with Gasteiger partial charge in [-0.15, -0.1) is 0 Å². The molecule has 88 valence electrons. The molecule has 0 saturated heterocycles. The van der Waals surface area contributed by atoms with E-state index in [-0.39, 0.29) is 6.54 Å². The molecule has 0 aromatic carbocycles. The van der Waals surface area contributed by atoms with Crippen molar-refractivity contribution in [3.63, 3.8) is 0 Å². The van der Waals surface area contributed by atoms with Gasteiger partial charge >= 0.3 is 5.97 Å². The standard InChI is InChI=1S/C11H17N3O2/c1-7(2)11-8-5-12-4-3-9(8)14(13-11)6-10(15)16/h7,12H,3-6H2,1-2H3,(H,15,16). The Labute approximate surface area is 94.5 Å². The van der Waals surface area contributed by atoms with Crippen LogP contribution in [0.5, 0.6) is 0 Å². The molecule has 0 saturated carbocycles. The zero-order valence-corrected chi connectivity index (χ0v) is 9.66. The molecular weight excluding hydrogens is 206 g/mol. The largest absolute Gasteiger partial charge is 0.480 e. The molecule has 0 atom stereocenters. The third-order valence-corrected chi connectivity index (χ3v) is 2.87. The molecular formula is C11H17N3O2. The van der Waals surface area contributed by atoms with Crippen molar-refractivity contribution in [1.82, 2.24) is 15.1 Å². The molecule has 1 aromatic rings. The average Bonchev–Trinajstić information content (AvgIpc) is 2.57. The van der Waals surface area contributed by atoms with Crippen molar-refractivity contribution in [1.29, 1.82) is 0 Å². The van der Waals surface area contributed by atoms with Gasteiger partial charge in [-0.3, -0.25) is 9.48 Å². The highest BCUT2D eigenvalue weighted by molar-refractivity contribution is 5.66. The Morgan fingerprint density at radius 1 is 1.62 bits per heavy atom. The lowest BCUT2D eigenvalue weighted by molar-refractivity contribution is -0.137. The molecule has 2 heterocycles. The number of carboxylic acids is 1. The maximum Gasteiger partial charge on any atom is 0.325 e. The third kappa shape index (κ3) is 1.95. The van der Waals surface area contributed by atoms with Crippen LogP contribution in [0.2, 0.25) is 0 Å². The van der Waals surface area contributed by atoms with Crippen molar-refractivity contribution in [3.05, 3.63) is 17.0 Å². The van der Waals surface area contributed by atoms with Crippen molar-refractivity contribution in [3.8, 4) is 0 Å². The van der Waals surface area contributed by atoms with Gasteiger partial charge in [0, 0.05) is 30.8 Å². The number of fused-ring (bicyclic) bond motifs is 1. The van der Waals surface area contributed by atoms with Crippen molar-refractivity contribution in [2.24, 2.45) is 0 Å². The molecule has 1 aliphatic rings. The Morgan fingerprint density at radius 3 is 3.00 bits per heavy atom. The molecule has 0 fully saturated rings. The highest BCUT2D eigenvalue weighted by Gasteiger charge is 2.22. The van der Waals surface area contributed by atoms with E-state index in [1.807, 2.05) is 0 Å². The molecule has 16 heavy (non-hydrogen) atoms. The second-order valence-electron chi connectivity index (χ2n) is 4.44. The Hall–Kier alpha value is -1.36. The van der Waals surface area contributed by atoms with Crippen molar-refractivity contribution in [2.75, 3.05) is 6.54 Å². The van der Waals surface area contributed by atoms with Crippen molar-refractivity contribution in [2.45, 2.75) is 39.3 Å². The van der Waals surface area contributed by atoms with E-state index >= 15 is 0 Å².